The van der Waals surface area contributed by atoms with Gasteiger partial charge in [0.05, 0.1) is 12.9 Å². The molecule has 7 N–H and O–H groups in total. The summed E-state index contributed by atoms with van der Waals surface area (Å²) in [5, 5.41) is 30.1. The van der Waals surface area contributed by atoms with Crippen molar-refractivity contribution in [2.75, 3.05) is 17.5 Å². The number of aliphatic hydroxyl groups excluding tert-OH is 3. The lowest BCUT2D eigenvalue weighted by Crippen LogP contribution is -2.33. The van der Waals surface area contributed by atoms with Gasteiger partial charge in [-0.1, -0.05) is 11.1 Å². The van der Waals surface area contributed by atoms with E-state index in [2.05, 4.69) is 36.7 Å². The smallest absolute Gasteiger partial charge is 0.245 e. The molecule has 2 aromatic heterocycles. The van der Waals surface area contributed by atoms with E-state index in [0.717, 1.165) is 25.7 Å². The summed E-state index contributed by atoms with van der Waals surface area (Å²) in [4.78, 5) is 13.5. The monoisotopic (exact) mass is 472 g/mol. The van der Waals surface area contributed by atoms with E-state index in [1.165, 1.54) is 43.2 Å². The Hall–Kier alpha value is -2.93. The number of fused-ring (bicyclic) bond motifs is 1. The maximum atomic E-state index is 10.5. The van der Waals surface area contributed by atoms with Crippen LogP contribution in [-0.2, 0) is 4.74 Å². The summed E-state index contributed by atoms with van der Waals surface area (Å²) in [6.45, 7) is -0.410. The molecule has 12 nitrogen and oxygen atoms in total. The highest BCUT2D eigenvalue weighted by Crippen LogP contribution is 2.32. The zero-order valence-corrected chi connectivity index (χ0v) is 18.9. The number of hydrogen-bond acceptors (Lipinski definition) is 11. The highest BCUT2D eigenvalue weighted by molar-refractivity contribution is 5.84. The van der Waals surface area contributed by atoms with E-state index >= 15 is 0 Å². The van der Waals surface area contributed by atoms with Gasteiger partial charge in [-0.05, 0) is 51.4 Å². The molecule has 0 radical (unpaired) electrons. The highest BCUT2D eigenvalue weighted by atomic mass is 16.6. The number of nitrogens with one attached hydrogen (secondary N) is 4. The molecular formula is C22H32N8O4. The Labute approximate surface area is 197 Å². The van der Waals surface area contributed by atoms with Gasteiger partial charge in [0, 0.05) is 12.4 Å². The number of hydrogen-bond donors (Lipinski definition) is 7. The predicted molar refractivity (Wildman–Crippen MR) is 125 cm³/mol. The lowest BCUT2D eigenvalue weighted by atomic mass is 10.1. The van der Waals surface area contributed by atoms with Gasteiger partial charge in [-0.3, -0.25) is 15.4 Å². The van der Waals surface area contributed by atoms with Gasteiger partial charge >= 0.3 is 0 Å². The summed E-state index contributed by atoms with van der Waals surface area (Å²) in [6.07, 6.45) is 10.2. The summed E-state index contributed by atoms with van der Waals surface area (Å²) in [6, 6.07) is 0. The van der Waals surface area contributed by atoms with E-state index in [-0.39, 0.29) is 0 Å². The third kappa shape index (κ3) is 4.67. The first kappa shape index (κ1) is 22.8. The fraction of sp³-hybridized carbons (Fsp3) is 0.591. The molecule has 0 amide bonds. The molecule has 34 heavy (non-hydrogen) atoms. The molecule has 0 aromatic carbocycles. The van der Waals surface area contributed by atoms with Crippen LogP contribution in [0.5, 0.6) is 0 Å². The zero-order chi connectivity index (χ0) is 23.5. The standard InChI is InChI=1S/C22H32N8O4/c31-11-15-17(32)18(33)21(34-15)30-12-23-16-19(28-24-9-13-5-1-2-6-13)26-22(27-20(16)30)29-25-10-14-7-3-4-8-14/h9-10,12,15,17-18,21,24-25,31-33H,1-8,11H2,(H2,26,27,28,29)/t15-,17-,18-,21-/m1/s1. The van der Waals surface area contributed by atoms with Crippen LogP contribution in [-0.4, -0.2) is 59.8 Å². The Morgan fingerprint density at radius 3 is 2.21 bits per heavy atom. The minimum absolute atomic E-state index is 0.300. The number of ether oxygens (including phenoxy) is 1. The molecule has 184 valence electrons. The molecule has 3 fully saturated rings. The third-order valence-electron chi connectivity index (χ3n) is 6.63. The fourth-order valence-corrected chi connectivity index (χ4v) is 4.71. The van der Waals surface area contributed by atoms with Crippen LogP contribution in [0, 0.1) is 0 Å². The molecule has 1 saturated heterocycles. The first-order chi connectivity index (χ1) is 16.6. The number of hydrazine groups is 2. The van der Waals surface area contributed by atoms with Gasteiger partial charge in [-0.15, -0.1) is 0 Å². The summed E-state index contributed by atoms with van der Waals surface area (Å²) in [7, 11) is 0. The number of nitrogens with zero attached hydrogens (tertiary/aromatic N) is 4. The van der Waals surface area contributed by atoms with Crippen molar-refractivity contribution < 1.29 is 20.1 Å². The van der Waals surface area contributed by atoms with Gasteiger partial charge < -0.3 is 30.9 Å². The van der Waals surface area contributed by atoms with Crippen molar-refractivity contribution in [2.45, 2.75) is 75.9 Å². The maximum absolute atomic E-state index is 10.5. The van der Waals surface area contributed by atoms with E-state index in [1.807, 2.05) is 12.4 Å². The lowest BCUT2D eigenvalue weighted by Gasteiger charge is -2.17. The topological polar surface area (TPSA) is 162 Å². The van der Waals surface area contributed by atoms with Crippen LogP contribution in [0.3, 0.4) is 0 Å². The number of aromatic nitrogens is 4. The van der Waals surface area contributed by atoms with Gasteiger partial charge in [0.25, 0.3) is 0 Å². The Kier molecular flexibility index (Phi) is 6.81. The molecular weight excluding hydrogens is 440 g/mol. The van der Waals surface area contributed by atoms with Gasteiger partial charge in [0.15, 0.2) is 23.2 Å². The predicted octanol–water partition coefficient (Wildman–Crippen LogP) is 1.19. The molecule has 2 aliphatic carbocycles. The lowest BCUT2D eigenvalue weighted by molar-refractivity contribution is -0.0511. The molecule has 0 spiro atoms. The van der Waals surface area contributed by atoms with E-state index < -0.39 is 31.1 Å². The Balaban J connectivity index is 1.42. The Morgan fingerprint density at radius 2 is 1.59 bits per heavy atom. The van der Waals surface area contributed by atoms with E-state index in [1.54, 1.807) is 4.57 Å². The van der Waals surface area contributed by atoms with E-state index in [9.17, 15) is 15.3 Å². The molecule has 0 unspecified atom stereocenters. The molecule has 1 aliphatic heterocycles. The Morgan fingerprint density at radius 1 is 0.941 bits per heavy atom. The number of imidazole rings is 1. The van der Waals surface area contributed by atoms with Crippen molar-refractivity contribution in [3.05, 3.63) is 29.9 Å². The van der Waals surface area contributed by atoms with Crippen LogP contribution < -0.4 is 21.7 Å². The molecule has 0 bridgehead atoms. The average Bonchev–Trinajstić information content (AvgIpc) is 3.64. The SMILES string of the molecule is OC[C@H]1O[C@@H](n2cnc3c(NNC=C4CCCC4)nc(NNC=C4CCCC4)nc32)[C@H](O)[C@@H]1O. The number of rotatable bonds is 8. The van der Waals surface area contributed by atoms with Crippen molar-refractivity contribution in [3.8, 4) is 0 Å². The summed E-state index contributed by atoms with van der Waals surface area (Å²) < 4.78 is 7.23. The summed E-state index contributed by atoms with van der Waals surface area (Å²) >= 11 is 0. The van der Waals surface area contributed by atoms with Gasteiger partial charge in [0.2, 0.25) is 5.95 Å². The van der Waals surface area contributed by atoms with Crippen molar-refractivity contribution in [3.63, 3.8) is 0 Å². The molecule has 2 saturated carbocycles. The first-order valence-corrected chi connectivity index (χ1v) is 11.9. The van der Waals surface area contributed by atoms with Crippen LogP contribution in [0.2, 0.25) is 0 Å². The largest absolute Gasteiger partial charge is 0.394 e. The van der Waals surface area contributed by atoms with Crippen LogP contribution >= 0.6 is 0 Å². The number of anilines is 2. The van der Waals surface area contributed by atoms with Crippen LogP contribution in [0.15, 0.2) is 29.9 Å². The van der Waals surface area contributed by atoms with Gasteiger partial charge in [0.1, 0.15) is 18.3 Å². The molecule has 2 aromatic rings. The van der Waals surface area contributed by atoms with Crippen molar-refractivity contribution in [1.29, 1.82) is 0 Å². The molecule has 4 atom stereocenters. The molecule has 3 aliphatic rings. The molecule has 5 rings (SSSR count). The maximum Gasteiger partial charge on any atom is 0.245 e. The van der Waals surface area contributed by atoms with Crippen LogP contribution in [0.4, 0.5) is 11.8 Å². The van der Waals surface area contributed by atoms with Crippen molar-refractivity contribution in [1.82, 2.24) is 30.4 Å². The second kappa shape index (κ2) is 10.1. The second-order valence-corrected chi connectivity index (χ2v) is 9.01. The van der Waals surface area contributed by atoms with Gasteiger partial charge in [-0.2, -0.15) is 9.97 Å². The first-order valence-electron chi connectivity index (χ1n) is 11.9. The molecule has 12 heteroatoms. The summed E-state index contributed by atoms with van der Waals surface area (Å²) in [5.74, 6) is 0.747. The fourth-order valence-electron chi connectivity index (χ4n) is 4.71. The molecule has 3 heterocycles. The van der Waals surface area contributed by atoms with E-state index in [0.29, 0.717) is 22.9 Å². The minimum Gasteiger partial charge on any atom is -0.394 e. The normalized spacial score (nSPS) is 26.8. The zero-order valence-electron chi connectivity index (χ0n) is 18.9. The Bertz CT molecular complexity index is 1050. The number of aliphatic hydroxyl groups is 3. The minimum atomic E-state index is -1.24. The van der Waals surface area contributed by atoms with Gasteiger partial charge in [-0.25, -0.2) is 4.98 Å². The van der Waals surface area contributed by atoms with E-state index in [4.69, 9.17) is 4.74 Å². The van der Waals surface area contributed by atoms with Crippen LogP contribution in [0.25, 0.3) is 11.2 Å². The second-order valence-electron chi connectivity index (χ2n) is 9.01. The summed E-state index contributed by atoms with van der Waals surface area (Å²) in [5.41, 5.74) is 15.9. The third-order valence-corrected chi connectivity index (χ3v) is 6.63. The van der Waals surface area contributed by atoms with Crippen LogP contribution in [0.1, 0.15) is 57.6 Å². The average molecular weight is 473 g/mol. The van der Waals surface area contributed by atoms with Crippen molar-refractivity contribution in [2.24, 2.45) is 0 Å². The quantitative estimate of drug-likeness (QED) is 0.276. The highest BCUT2D eigenvalue weighted by Gasteiger charge is 2.44. The van der Waals surface area contributed by atoms with Crippen molar-refractivity contribution >= 4 is 22.9 Å². The number of allylic oxidation sites excluding steroid dienone is 2.